The lowest BCUT2D eigenvalue weighted by Crippen LogP contribution is -2.59. The second kappa shape index (κ2) is 10.6. The van der Waals surface area contributed by atoms with E-state index in [1.165, 1.54) is 13.0 Å². The number of hydrogen-bond donors (Lipinski definition) is 3. The molecule has 1 aliphatic rings. The Morgan fingerprint density at radius 1 is 1.07 bits per heavy atom. The van der Waals surface area contributed by atoms with Gasteiger partial charge in [-0.1, -0.05) is 44.7 Å². The zero-order valence-electron chi connectivity index (χ0n) is 16.8. The third-order valence-corrected chi connectivity index (χ3v) is 4.98. The summed E-state index contributed by atoms with van der Waals surface area (Å²) in [6.45, 7) is 4.18. The van der Waals surface area contributed by atoms with Crippen LogP contribution < -0.4 is 16.0 Å². The fourth-order valence-corrected chi connectivity index (χ4v) is 3.44. The summed E-state index contributed by atoms with van der Waals surface area (Å²) in [5.74, 6) is -0.460. The topological polar surface area (TPSA) is 87.3 Å². The van der Waals surface area contributed by atoms with Crippen LogP contribution >= 0.6 is 0 Å². The minimum absolute atomic E-state index is 0.0675. The van der Waals surface area contributed by atoms with Crippen molar-refractivity contribution >= 4 is 29.5 Å². The predicted molar refractivity (Wildman–Crippen MR) is 112 cm³/mol. The monoisotopic (exact) mass is 385 g/mol. The summed E-state index contributed by atoms with van der Waals surface area (Å²) < 4.78 is 0. The lowest BCUT2D eigenvalue weighted by Gasteiger charge is -2.36. The van der Waals surface area contributed by atoms with Crippen LogP contribution in [0.2, 0.25) is 0 Å². The SMILES string of the molecule is CCCCNC(=O)C1(NC(=O)/C=C/c2ccc(NC(C)=O)cc2)CCCCC1. The van der Waals surface area contributed by atoms with Crippen LogP contribution in [0.5, 0.6) is 0 Å². The van der Waals surface area contributed by atoms with Gasteiger partial charge in [-0.3, -0.25) is 14.4 Å². The van der Waals surface area contributed by atoms with E-state index in [2.05, 4.69) is 22.9 Å². The summed E-state index contributed by atoms with van der Waals surface area (Å²) in [6, 6.07) is 7.21. The molecule has 0 bridgehead atoms. The fourth-order valence-electron chi connectivity index (χ4n) is 3.44. The fraction of sp³-hybridized carbons (Fsp3) is 0.500. The molecule has 1 aromatic carbocycles. The maximum absolute atomic E-state index is 12.7. The number of benzene rings is 1. The molecular weight excluding hydrogens is 354 g/mol. The van der Waals surface area contributed by atoms with Crippen molar-refractivity contribution in [3.8, 4) is 0 Å². The number of anilines is 1. The Kier molecular flexibility index (Phi) is 8.23. The molecule has 0 atom stereocenters. The van der Waals surface area contributed by atoms with Crippen molar-refractivity contribution in [1.29, 1.82) is 0 Å². The van der Waals surface area contributed by atoms with E-state index in [4.69, 9.17) is 0 Å². The van der Waals surface area contributed by atoms with Gasteiger partial charge in [0.1, 0.15) is 5.54 Å². The van der Waals surface area contributed by atoms with Gasteiger partial charge in [-0.25, -0.2) is 0 Å². The lowest BCUT2D eigenvalue weighted by atomic mass is 9.80. The first kappa shape index (κ1) is 21.7. The van der Waals surface area contributed by atoms with Gasteiger partial charge in [-0.2, -0.15) is 0 Å². The van der Waals surface area contributed by atoms with Crippen LogP contribution in [0.3, 0.4) is 0 Å². The molecule has 1 aliphatic carbocycles. The second-order valence-corrected chi connectivity index (χ2v) is 7.38. The highest BCUT2D eigenvalue weighted by atomic mass is 16.2. The Balaban J connectivity index is 1.99. The van der Waals surface area contributed by atoms with Gasteiger partial charge in [0.05, 0.1) is 0 Å². The van der Waals surface area contributed by atoms with Crippen molar-refractivity contribution in [2.24, 2.45) is 0 Å². The average Bonchev–Trinajstić information content (AvgIpc) is 2.68. The van der Waals surface area contributed by atoms with Crippen LogP contribution in [0.4, 0.5) is 5.69 Å². The molecule has 0 unspecified atom stereocenters. The maximum atomic E-state index is 12.7. The van der Waals surface area contributed by atoms with Crippen molar-refractivity contribution in [2.45, 2.75) is 64.3 Å². The van der Waals surface area contributed by atoms with Crippen molar-refractivity contribution in [1.82, 2.24) is 10.6 Å². The molecule has 1 aromatic rings. The van der Waals surface area contributed by atoms with Crippen molar-refractivity contribution in [3.05, 3.63) is 35.9 Å². The van der Waals surface area contributed by atoms with Gasteiger partial charge in [-0.15, -0.1) is 0 Å². The summed E-state index contributed by atoms with van der Waals surface area (Å²) >= 11 is 0. The summed E-state index contributed by atoms with van der Waals surface area (Å²) in [5.41, 5.74) is 0.747. The molecule has 3 N–H and O–H groups in total. The Morgan fingerprint density at radius 3 is 2.36 bits per heavy atom. The maximum Gasteiger partial charge on any atom is 0.245 e. The Morgan fingerprint density at radius 2 is 1.75 bits per heavy atom. The first-order chi connectivity index (χ1) is 13.4. The zero-order chi connectivity index (χ0) is 20.4. The number of rotatable bonds is 8. The van der Waals surface area contributed by atoms with Gasteiger partial charge in [0.15, 0.2) is 0 Å². The summed E-state index contributed by atoms with van der Waals surface area (Å²) in [7, 11) is 0. The first-order valence-corrected chi connectivity index (χ1v) is 10.1. The van der Waals surface area contributed by atoms with E-state index in [0.29, 0.717) is 25.1 Å². The highest BCUT2D eigenvalue weighted by Crippen LogP contribution is 2.28. The van der Waals surface area contributed by atoms with Gasteiger partial charge < -0.3 is 16.0 Å². The molecule has 0 saturated heterocycles. The van der Waals surface area contributed by atoms with E-state index in [1.807, 2.05) is 12.1 Å². The van der Waals surface area contributed by atoms with Crippen molar-refractivity contribution < 1.29 is 14.4 Å². The quantitative estimate of drug-likeness (QED) is 0.473. The van der Waals surface area contributed by atoms with Gasteiger partial charge in [0.2, 0.25) is 17.7 Å². The molecule has 0 spiro atoms. The highest BCUT2D eigenvalue weighted by Gasteiger charge is 2.40. The molecule has 0 radical (unpaired) electrons. The zero-order valence-corrected chi connectivity index (χ0v) is 16.8. The molecule has 1 saturated carbocycles. The number of amides is 3. The second-order valence-electron chi connectivity index (χ2n) is 7.38. The van der Waals surface area contributed by atoms with Crippen LogP contribution in [-0.2, 0) is 14.4 Å². The molecular formula is C22H31N3O3. The van der Waals surface area contributed by atoms with Gasteiger partial charge in [0.25, 0.3) is 0 Å². The molecule has 0 aliphatic heterocycles. The number of carbonyl (C=O) groups is 3. The predicted octanol–water partition coefficient (Wildman–Crippen LogP) is 3.39. The van der Waals surface area contributed by atoms with Crippen LogP contribution in [0.25, 0.3) is 6.08 Å². The van der Waals surface area contributed by atoms with Gasteiger partial charge >= 0.3 is 0 Å². The molecule has 28 heavy (non-hydrogen) atoms. The Bertz CT molecular complexity index is 704. The standard InChI is InChI=1S/C22H31N3O3/c1-3-4-16-23-21(28)22(14-6-5-7-15-22)25-20(27)13-10-18-8-11-19(12-9-18)24-17(2)26/h8-13H,3-7,14-16H2,1-2H3,(H,23,28)(H,24,26)(H,25,27)/b13-10+. The molecule has 6 nitrogen and oxygen atoms in total. The summed E-state index contributed by atoms with van der Waals surface area (Å²) in [5, 5.41) is 8.66. The minimum atomic E-state index is -0.803. The van der Waals surface area contributed by atoms with E-state index >= 15 is 0 Å². The van der Waals surface area contributed by atoms with E-state index in [-0.39, 0.29) is 17.7 Å². The van der Waals surface area contributed by atoms with Gasteiger partial charge in [-0.05, 0) is 43.0 Å². The van der Waals surface area contributed by atoms with Crippen LogP contribution in [0.15, 0.2) is 30.3 Å². The molecule has 2 rings (SSSR count). The normalized spacial score (nSPS) is 15.8. The van der Waals surface area contributed by atoms with Crippen LogP contribution in [-0.4, -0.2) is 29.8 Å². The molecule has 0 heterocycles. The van der Waals surface area contributed by atoms with E-state index in [0.717, 1.165) is 37.7 Å². The minimum Gasteiger partial charge on any atom is -0.354 e. The number of hydrogen-bond acceptors (Lipinski definition) is 3. The molecule has 152 valence electrons. The van der Waals surface area contributed by atoms with E-state index in [1.54, 1.807) is 18.2 Å². The van der Waals surface area contributed by atoms with E-state index in [9.17, 15) is 14.4 Å². The third kappa shape index (κ3) is 6.51. The first-order valence-electron chi connectivity index (χ1n) is 10.1. The number of unbranched alkanes of at least 4 members (excludes halogenated alkanes) is 1. The number of nitrogens with one attached hydrogen (secondary N) is 3. The molecule has 3 amide bonds. The summed E-state index contributed by atoms with van der Waals surface area (Å²) in [4.78, 5) is 36.3. The summed E-state index contributed by atoms with van der Waals surface area (Å²) in [6.07, 6.45) is 9.45. The van der Waals surface area contributed by atoms with Gasteiger partial charge in [0, 0.05) is 25.2 Å². The van der Waals surface area contributed by atoms with Crippen molar-refractivity contribution in [3.63, 3.8) is 0 Å². The molecule has 6 heteroatoms. The number of carbonyl (C=O) groups excluding carboxylic acids is 3. The Labute approximate surface area is 167 Å². The largest absolute Gasteiger partial charge is 0.354 e. The molecule has 0 aromatic heterocycles. The van der Waals surface area contributed by atoms with Crippen LogP contribution in [0, 0.1) is 0 Å². The average molecular weight is 386 g/mol. The Hall–Kier alpha value is -2.63. The highest BCUT2D eigenvalue weighted by molar-refractivity contribution is 5.97. The molecule has 1 fully saturated rings. The van der Waals surface area contributed by atoms with E-state index < -0.39 is 5.54 Å². The van der Waals surface area contributed by atoms with Crippen LogP contribution in [0.1, 0.15) is 64.4 Å². The lowest BCUT2D eigenvalue weighted by molar-refractivity contribution is -0.133. The van der Waals surface area contributed by atoms with Crippen molar-refractivity contribution in [2.75, 3.05) is 11.9 Å². The third-order valence-electron chi connectivity index (χ3n) is 4.98. The smallest absolute Gasteiger partial charge is 0.245 e.